The van der Waals surface area contributed by atoms with Crippen molar-refractivity contribution in [2.24, 2.45) is 5.92 Å². The molecule has 0 heterocycles. The van der Waals surface area contributed by atoms with E-state index in [1.165, 1.54) is 32.2 Å². The summed E-state index contributed by atoms with van der Waals surface area (Å²) in [5, 5.41) is 7.01. The summed E-state index contributed by atoms with van der Waals surface area (Å²) >= 11 is 0. The van der Waals surface area contributed by atoms with Crippen molar-refractivity contribution in [1.82, 2.24) is 10.6 Å². The molecule has 2 N–H and O–H groups in total. The van der Waals surface area contributed by atoms with E-state index in [2.05, 4.69) is 41.8 Å². The summed E-state index contributed by atoms with van der Waals surface area (Å²) < 4.78 is 0. The van der Waals surface area contributed by atoms with Gasteiger partial charge < -0.3 is 10.6 Å². The zero-order valence-corrected chi connectivity index (χ0v) is 11.5. The number of hydrogen-bond acceptors (Lipinski definition) is 2. The third-order valence-electron chi connectivity index (χ3n) is 3.79. The van der Waals surface area contributed by atoms with Gasteiger partial charge >= 0.3 is 0 Å². The van der Waals surface area contributed by atoms with Crippen LogP contribution in [0.4, 0.5) is 0 Å². The Morgan fingerprint density at radius 1 is 1.06 bits per heavy atom. The van der Waals surface area contributed by atoms with Crippen molar-refractivity contribution in [1.29, 1.82) is 0 Å². The Morgan fingerprint density at radius 2 is 1.83 bits per heavy atom. The summed E-state index contributed by atoms with van der Waals surface area (Å²) in [5.41, 5.74) is 3.14. The number of rotatable bonds is 7. The molecular weight excluding hydrogens is 220 g/mol. The number of fused-ring (bicyclic) bond motifs is 1. The highest BCUT2D eigenvalue weighted by atomic mass is 14.9. The van der Waals surface area contributed by atoms with E-state index in [1.54, 1.807) is 11.1 Å². The number of hydrogen-bond donors (Lipinski definition) is 2. The Balaban J connectivity index is 1.64. The van der Waals surface area contributed by atoms with Crippen LogP contribution in [0.1, 0.15) is 30.9 Å². The van der Waals surface area contributed by atoms with E-state index >= 15 is 0 Å². The molecule has 0 amide bonds. The summed E-state index contributed by atoms with van der Waals surface area (Å²) in [6.07, 6.45) is 5.08. The Kier molecular flexibility index (Phi) is 5.69. The molecule has 0 saturated heterocycles. The third-order valence-corrected chi connectivity index (χ3v) is 3.79. The molecule has 1 unspecified atom stereocenters. The monoisotopic (exact) mass is 246 g/mol. The highest BCUT2D eigenvalue weighted by Crippen LogP contribution is 2.24. The SMILES string of the molecule is CCCNCCNCC1CCc2ccccc2C1. The van der Waals surface area contributed by atoms with Gasteiger partial charge in [-0.1, -0.05) is 31.2 Å². The number of nitrogens with one attached hydrogen (secondary N) is 2. The minimum absolute atomic E-state index is 0.825. The summed E-state index contributed by atoms with van der Waals surface area (Å²) in [6, 6.07) is 8.91. The molecule has 0 spiro atoms. The quantitative estimate of drug-likeness (QED) is 0.722. The summed E-state index contributed by atoms with van der Waals surface area (Å²) in [5.74, 6) is 0.825. The van der Waals surface area contributed by atoms with Crippen molar-refractivity contribution in [2.45, 2.75) is 32.6 Å². The first kappa shape index (κ1) is 13.6. The fraction of sp³-hybridized carbons (Fsp3) is 0.625. The highest BCUT2D eigenvalue weighted by Gasteiger charge is 2.17. The molecule has 1 aliphatic carbocycles. The van der Waals surface area contributed by atoms with Gasteiger partial charge in [0, 0.05) is 13.1 Å². The zero-order chi connectivity index (χ0) is 12.6. The van der Waals surface area contributed by atoms with Gasteiger partial charge in [-0.2, -0.15) is 0 Å². The van der Waals surface area contributed by atoms with Crippen LogP contribution in [-0.4, -0.2) is 26.2 Å². The van der Waals surface area contributed by atoms with Crippen LogP contribution < -0.4 is 10.6 Å². The lowest BCUT2D eigenvalue weighted by Gasteiger charge is -2.24. The second kappa shape index (κ2) is 7.55. The lowest BCUT2D eigenvalue weighted by Crippen LogP contribution is -2.33. The fourth-order valence-corrected chi connectivity index (χ4v) is 2.73. The molecule has 2 heteroatoms. The lowest BCUT2D eigenvalue weighted by atomic mass is 9.84. The number of benzene rings is 1. The Hall–Kier alpha value is -0.860. The number of aryl methyl sites for hydroxylation is 1. The normalized spacial score (nSPS) is 18.6. The first-order valence-corrected chi connectivity index (χ1v) is 7.38. The molecule has 0 radical (unpaired) electrons. The lowest BCUT2D eigenvalue weighted by molar-refractivity contribution is 0.423. The summed E-state index contributed by atoms with van der Waals surface area (Å²) in [7, 11) is 0. The van der Waals surface area contributed by atoms with Crippen LogP contribution in [0.3, 0.4) is 0 Å². The highest BCUT2D eigenvalue weighted by molar-refractivity contribution is 5.29. The first-order valence-electron chi connectivity index (χ1n) is 7.38. The maximum Gasteiger partial charge on any atom is 0.00768 e. The van der Waals surface area contributed by atoms with Gasteiger partial charge in [0.2, 0.25) is 0 Å². The van der Waals surface area contributed by atoms with E-state index in [0.717, 1.165) is 25.6 Å². The van der Waals surface area contributed by atoms with Crippen molar-refractivity contribution in [2.75, 3.05) is 26.2 Å². The van der Waals surface area contributed by atoms with Gasteiger partial charge in [-0.3, -0.25) is 0 Å². The maximum atomic E-state index is 3.58. The minimum Gasteiger partial charge on any atom is -0.315 e. The van der Waals surface area contributed by atoms with Gasteiger partial charge in [-0.15, -0.1) is 0 Å². The molecule has 1 aromatic carbocycles. The Morgan fingerprint density at radius 3 is 2.67 bits per heavy atom. The molecule has 1 aliphatic rings. The van der Waals surface area contributed by atoms with Crippen LogP contribution in [0.2, 0.25) is 0 Å². The van der Waals surface area contributed by atoms with E-state index in [4.69, 9.17) is 0 Å². The standard InChI is InChI=1S/C16H26N2/c1-2-9-17-10-11-18-13-14-7-8-15-5-3-4-6-16(15)12-14/h3-6,14,17-18H,2,7-13H2,1H3. The van der Waals surface area contributed by atoms with Crippen LogP contribution in [0.15, 0.2) is 24.3 Å². The van der Waals surface area contributed by atoms with E-state index in [1.807, 2.05) is 0 Å². The van der Waals surface area contributed by atoms with Crippen molar-refractivity contribution in [3.05, 3.63) is 35.4 Å². The molecule has 0 aromatic heterocycles. The molecule has 100 valence electrons. The van der Waals surface area contributed by atoms with Crippen LogP contribution in [0, 0.1) is 5.92 Å². The molecule has 1 aromatic rings. The molecular formula is C16H26N2. The average molecular weight is 246 g/mol. The fourth-order valence-electron chi connectivity index (χ4n) is 2.73. The second-order valence-electron chi connectivity index (χ2n) is 5.33. The molecule has 0 aliphatic heterocycles. The molecule has 0 saturated carbocycles. The summed E-state index contributed by atoms with van der Waals surface area (Å²) in [6.45, 7) is 6.70. The Labute approximate surface area is 111 Å². The van der Waals surface area contributed by atoms with E-state index in [-0.39, 0.29) is 0 Å². The van der Waals surface area contributed by atoms with E-state index in [0.29, 0.717) is 0 Å². The molecule has 0 fully saturated rings. The molecule has 18 heavy (non-hydrogen) atoms. The van der Waals surface area contributed by atoms with Crippen LogP contribution in [-0.2, 0) is 12.8 Å². The Bertz CT molecular complexity index is 349. The van der Waals surface area contributed by atoms with Gasteiger partial charge in [-0.05, 0) is 55.8 Å². The van der Waals surface area contributed by atoms with Gasteiger partial charge in [0.15, 0.2) is 0 Å². The topological polar surface area (TPSA) is 24.1 Å². The molecule has 1 atom stereocenters. The van der Waals surface area contributed by atoms with Gasteiger partial charge in [0.25, 0.3) is 0 Å². The van der Waals surface area contributed by atoms with Crippen LogP contribution >= 0.6 is 0 Å². The first-order chi connectivity index (χ1) is 8.90. The smallest absolute Gasteiger partial charge is 0.00768 e. The van der Waals surface area contributed by atoms with Crippen molar-refractivity contribution in [3.8, 4) is 0 Å². The van der Waals surface area contributed by atoms with Crippen LogP contribution in [0.5, 0.6) is 0 Å². The van der Waals surface area contributed by atoms with Crippen molar-refractivity contribution < 1.29 is 0 Å². The van der Waals surface area contributed by atoms with Crippen LogP contribution in [0.25, 0.3) is 0 Å². The van der Waals surface area contributed by atoms with E-state index < -0.39 is 0 Å². The van der Waals surface area contributed by atoms with Crippen molar-refractivity contribution in [3.63, 3.8) is 0 Å². The zero-order valence-electron chi connectivity index (χ0n) is 11.5. The van der Waals surface area contributed by atoms with Gasteiger partial charge in [0.05, 0.1) is 0 Å². The molecule has 2 rings (SSSR count). The largest absolute Gasteiger partial charge is 0.315 e. The average Bonchev–Trinajstić information content (AvgIpc) is 2.42. The van der Waals surface area contributed by atoms with Crippen molar-refractivity contribution >= 4 is 0 Å². The van der Waals surface area contributed by atoms with Gasteiger partial charge in [0.1, 0.15) is 0 Å². The minimum atomic E-state index is 0.825. The molecule has 2 nitrogen and oxygen atoms in total. The maximum absolute atomic E-state index is 3.58. The van der Waals surface area contributed by atoms with Gasteiger partial charge in [-0.25, -0.2) is 0 Å². The second-order valence-corrected chi connectivity index (χ2v) is 5.33. The predicted molar refractivity (Wildman–Crippen MR) is 78.0 cm³/mol. The third kappa shape index (κ3) is 4.11. The van der Waals surface area contributed by atoms with E-state index in [9.17, 15) is 0 Å². The predicted octanol–water partition coefficient (Wildman–Crippen LogP) is 2.38. The summed E-state index contributed by atoms with van der Waals surface area (Å²) in [4.78, 5) is 0. The molecule has 0 bridgehead atoms.